The number of hydrogen-bond acceptors (Lipinski definition) is 5. The van der Waals surface area contributed by atoms with Crippen molar-refractivity contribution in [2.75, 3.05) is 53.4 Å². The Kier molecular flexibility index (Phi) is 5.67. The average Bonchev–Trinajstić information content (AvgIpc) is 2.52. The largest absolute Gasteiger partial charge is 0.336 e. The van der Waals surface area contributed by atoms with E-state index in [0.717, 1.165) is 45.0 Å². The highest BCUT2D eigenvalue weighted by Crippen LogP contribution is 2.09. The van der Waals surface area contributed by atoms with Crippen LogP contribution in [0.3, 0.4) is 0 Å². The van der Waals surface area contributed by atoms with Crippen LogP contribution < -0.4 is 5.73 Å². The lowest BCUT2D eigenvalue weighted by Gasteiger charge is -2.35. The van der Waals surface area contributed by atoms with Crippen molar-refractivity contribution in [3.05, 3.63) is 29.6 Å². The lowest BCUT2D eigenvalue weighted by molar-refractivity contribution is 0.0629. The Morgan fingerprint density at radius 1 is 1.33 bits per heavy atom. The number of likely N-dealkylation sites (N-methyl/N-ethyl adjacent to an activating group) is 1. The smallest absolute Gasteiger partial charge is 0.254 e. The summed E-state index contributed by atoms with van der Waals surface area (Å²) in [6, 6.07) is 3.56. The maximum Gasteiger partial charge on any atom is 0.254 e. The zero-order valence-corrected chi connectivity index (χ0v) is 13.0. The quantitative estimate of drug-likeness (QED) is 0.818. The highest BCUT2D eigenvalue weighted by molar-refractivity contribution is 5.94. The van der Waals surface area contributed by atoms with Gasteiger partial charge in [0.1, 0.15) is 0 Å². The van der Waals surface area contributed by atoms with Crippen LogP contribution >= 0.6 is 0 Å². The monoisotopic (exact) mass is 291 g/mol. The Balaban J connectivity index is 1.88. The van der Waals surface area contributed by atoms with E-state index in [1.807, 2.05) is 4.90 Å². The SMILES string of the molecule is CN(C)CCN1CCN(C(=O)c2ccnc(CN)c2)CC1. The van der Waals surface area contributed by atoms with Gasteiger partial charge in [0.05, 0.1) is 5.69 Å². The van der Waals surface area contributed by atoms with Gasteiger partial charge >= 0.3 is 0 Å². The van der Waals surface area contributed by atoms with Crippen molar-refractivity contribution in [1.29, 1.82) is 0 Å². The van der Waals surface area contributed by atoms with Gasteiger partial charge in [-0.05, 0) is 26.2 Å². The second-order valence-corrected chi connectivity index (χ2v) is 5.68. The Morgan fingerprint density at radius 2 is 2.05 bits per heavy atom. The fourth-order valence-electron chi connectivity index (χ4n) is 2.42. The van der Waals surface area contributed by atoms with Crippen molar-refractivity contribution in [3.8, 4) is 0 Å². The number of aromatic nitrogens is 1. The van der Waals surface area contributed by atoms with E-state index in [1.54, 1.807) is 18.3 Å². The predicted octanol–water partition coefficient (Wildman–Crippen LogP) is -0.140. The molecule has 0 bridgehead atoms. The van der Waals surface area contributed by atoms with Gasteiger partial charge in [0, 0.05) is 57.6 Å². The number of nitrogens with two attached hydrogens (primary N) is 1. The first-order valence-corrected chi connectivity index (χ1v) is 7.41. The Labute approximate surface area is 126 Å². The first-order valence-electron chi connectivity index (χ1n) is 7.41. The van der Waals surface area contributed by atoms with Crippen LogP contribution in [0.5, 0.6) is 0 Å². The van der Waals surface area contributed by atoms with Crippen LogP contribution in [0.15, 0.2) is 18.3 Å². The molecule has 0 aliphatic carbocycles. The van der Waals surface area contributed by atoms with Gasteiger partial charge in [0.2, 0.25) is 0 Å². The fraction of sp³-hybridized carbons (Fsp3) is 0.600. The summed E-state index contributed by atoms with van der Waals surface area (Å²) < 4.78 is 0. The minimum Gasteiger partial charge on any atom is -0.336 e. The normalized spacial score (nSPS) is 16.5. The molecule has 2 N–H and O–H groups in total. The minimum atomic E-state index is 0.0827. The summed E-state index contributed by atoms with van der Waals surface area (Å²) in [7, 11) is 4.16. The summed E-state index contributed by atoms with van der Waals surface area (Å²) in [6.45, 7) is 5.92. The first-order chi connectivity index (χ1) is 10.1. The third-order valence-electron chi connectivity index (χ3n) is 3.80. The molecule has 1 saturated heterocycles. The van der Waals surface area contributed by atoms with E-state index in [2.05, 4.69) is 28.9 Å². The van der Waals surface area contributed by atoms with E-state index >= 15 is 0 Å². The van der Waals surface area contributed by atoms with Crippen LogP contribution in [-0.4, -0.2) is 79.0 Å². The Hall–Kier alpha value is -1.50. The van der Waals surface area contributed by atoms with Gasteiger partial charge in [-0.1, -0.05) is 0 Å². The van der Waals surface area contributed by atoms with Crippen LogP contribution in [0.2, 0.25) is 0 Å². The third kappa shape index (κ3) is 4.49. The summed E-state index contributed by atoms with van der Waals surface area (Å²) in [5.41, 5.74) is 7.02. The molecular weight excluding hydrogens is 266 g/mol. The molecule has 0 atom stereocenters. The lowest BCUT2D eigenvalue weighted by Crippen LogP contribution is -2.50. The van der Waals surface area contributed by atoms with E-state index in [4.69, 9.17) is 5.73 Å². The van der Waals surface area contributed by atoms with Gasteiger partial charge in [-0.15, -0.1) is 0 Å². The molecule has 116 valence electrons. The van der Waals surface area contributed by atoms with E-state index in [9.17, 15) is 4.79 Å². The fourth-order valence-corrected chi connectivity index (χ4v) is 2.42. The number of amides is 1. The molecule has 1 aliphatic rings. The molecule has 0 spiro atoms. The van der Waals surface area contributed by atoms with Crippen molar-refractivity contribution in [2.45, 2.75) is 6.54 Å². The summed E-state index contributed by atoms with van der Waals surface area (Å²) in [4.78, 5) is 23.1. The zero-order valence-electron chi connectivity index (χ0n) is 13.0. The van der Waals surface area contributed by atoms with E-state index in [0.29, 0.717) is 12.1 Å². The van der Waals surface area contributed by atoms with Gasteiger partial charge in [-0.25, -0.2) is 0 Å². The molecule has 1 amide bonds. The maximum absolute atomic E-state index is 12.5. The molecule has 6 nitrogen and oxygen atoms in total. The van der Waals surface area contributed by atoms with Crippen molar-refractivity contribution in [1.82, 2.24) is 19.7 Å². The van der Waals surface area contributed by atoms with Crippen LogP contribution in [0.1, 0.15) is 16.1 Å². The Bertz CT molecular complexity index is 469. The number of nitrogens with zero attached hydrogens (tertiary/aromatic N) is 4. The molecule has 6 heteroatoms. The molecule has 1 aromatic rings. The Morgan fingerprint density at radius 3 is 2.67 bits per heavy atom. The van der Waals surface area contributed by atoms with E-state index in [1.165, 1.54) is 0 Å². The van der Waals surface area contributed by atoms with E-state index < -0.39 is 0 Å². The van der Waals surface area contributed by atoms with Crippen LogP contribution in [0, 0.1) is 0 Å². The van der Waals surface area contributed by atoms with Gasteiger partial charge < -0.3 is 15.5 Å². The topological polar surface area (TPSA) is 65.7 Å². The van der Waals surface area contributed by atoms with Crippen molar-refractivity contribution < 1.29 is 4.79 Å². The summed E-state index contributed by atoms with van der Waals surface area (Å²) >= 11 is 0. The number of hydrogen-bond donors (Lipinski definition) is 1. The molecule has 0 unspecified atom stereocenters. The highest BCUT2D eigenvalue weighted by Gasteiger charge is 2.22. The molecule has 1 aliphatic heterocycles. The molecule has 0 radical (unpaired) electrons. The summed E-state index contributed by atoms with van der Waals surface area (Å²) in [5.74, 6) is 0.0827. The molecule has 0 aromatic carbocycles. The van der Waals surface area contributed by atoms with Crippen LogP contribution in [-0.2, 0) is 6.54 Å². The molecule has 1 fully saturated rings. The van der Waals surface area contributed by atoms with Gasteiger partial charge in [-0.2, -0.15) is 0 Å². The van der Waals surface area contributed by atoms with Gasteiger partial charge in [0.15, 0.2) is 0 Å². The second kappa shape index (κ2) is 7.49. The minimum absolute atomic E-state index is 0.0827. The lowest BCUT2D eigenvalue weighted by atomic mass is 10.2. The standard InChI is InChI=1S/C15H25N5O/c1-18(2)5-6-19-7-9-20(10-8-19)15(21)13-3-4-17-14(11-13)12-16/h3-4,11H,5-10,12,16H2,1-2H3. The van der Waals surface area contributed by atoms with Crippen LogP contribution in [0.25, 0.3) is 0 Å². The zero-order chi connectivity index (χ0) is 15.2. The predicted molar refractivity (Wildman–Crippen MR) is 83.0 cm³/mol. The van der Waals surface area contributed by atoms with E-state index in [-0.39, 0.29) is 5.91 Å². The molecule has 2 rings (SSSR count). The molecule has 21 heavy (non-hydrogen) atoms. The number of piperazine rings is 1. The van der Waals surface area contributed by atoms with Crippen molar-refractivity contribution in [3.63, 3.8) is 0 Å². The second-order valence-electron chi connectivity index (χ2n) is 5.68. The summed E-state index contributed by atoms with van der Waals surface area (Å²) in [6.07, 6.45) is 1.66. The van der Waals surface area contributed by atoms with Gasteiger partial charge in [0.25, 0.3) is 5.91 Å². The average molecular weight is 291 g/mol. The van der Waals surface area contributed by atoms with Gasteiger partial charge in [-0.3, -0.25) is 14.7 Å². The number of carbonyl (C=O) groups excluding carboxylic acids is 1. The third-order valence-corrected chi connectivity index (χ3v) is 3.80. The number of carbonyl (C=O) groups is 1. The molecular formula is C15H25N5O. The highest BCUT2D eigenvalue weighted by atomic mass is 16.2. The summed E-state index contributed by atoms with van der Waals surface area (Å²) in [5, 5.41) is 0. The van der Waals surface area contributed by atoms with Crippen LogP contribution in [0.4, 0.5) is 0 Å². The molecule has 0 saturated carbocycles. The number of rotatable bonds is 5. The molecule has 2 heterocycles. The number of pyridine rings is 1. The van der Waals surface area contributed by atoms with Crippen molar-refractivity contribution >= 4 is 5.91 Å². The van der Waals surface area contributed by atoms with Crippen molar-refractivity contribution in [2.24, 2.45) is 5.73 Å². The molecule has 1 aromatic heterocycles. The maximum atomic E-state index is 12.5. The first kappa shape index (κ1) is 15.9.